The molecule has 114 valence electrons. The standard InChI is InChI=1S/C16H18N4O2/c1-20(2)14-8-3-11(9-18-14)10-19-16(22)13-6-4-12(5-7-13)15(17)21/h3-9H,10H2,1-2H3,(H2,17,21)(H,19,22). The van der Waals surface area contributed by atoms with E-state index in [1.807, 2.05) is 31.1 Å². The second-order valence-corrected chi connectivity index (χ2v) is 5.04. The van der Waals surface area contributed by atoms with Gasteiger partial charge in [-0.1, -0.05) is 6.07 Å². The molecule has 1 aromatic carbocycles. The average Bonchev–Trinajstić information content (AvgIpc) is 2.53. The van der Waals surface area contributed by atoms with Crippen LogP contribution in [0.1, 0.15) is 26.3 Å². The largest absolute Gasteiger partial charge is 0.366 e. The summed E-state index contributed by atoms with van der Waals surface area (Å²) < 4.78 is 0. The van der Waals surface area contributed by atoms with Crippen LogP contribution >= 0.6 is 0 Å². The lowest BCUT2D eigenvalue weighted by atomic mass is 10.1. The number of primary amides is 1. The first-order valence-corrected chi connectivity index (χ1v) is 6.77. The van der Waals surface area contributed by atoms with Crippen LogP contribution in [0, 0.1) is 0 Å². The molecule has 1 heterocycles. The van der Waals surface area contributed by atoms with Crippen LogP contribution in [-0.4, -0.2) is 30.9 Å². The van der Waals surface area contributed by atoms with Gasteiger partial charge in [0.05, 0.1) is 0 Å². The first-order chi connectivity index (χ1) is 10.5. The van der Waals surface area contributed by atoms with Crippen LogP contribution in [0.5, 0.6) is 0 Å². The molecule has 6 nitrogen and oxygen atoms in total. The molecule has 6 heteroatoms. The Hall–Kier alpha value is -2.89. The van der Waals surface area contributed by atoms with E-state index < -0.39 is 5.91 Å². The Bertz CT molecular complexity index is 664. The number of nitrogens with two attached hydrogens (primary N) is 1. The van der Waals surface area contributed by atoms with E-state index in [-0.39, 0.29) is 5.91 Å². The highest BCUT2D eigenvalue weighted by molar-refractivity contribution is 5.97. The molecule has 0 radical (unpaired) electrons. The van der Waals surface area contributed by atoms with Crippen molar-refractivity contribution in [1.82, 2.24) is 10.3 Å². The molecule has 2 amide bonds. The smallest absolute Gasteiger partial charge is 0.251 e. The zero-order valence-electron chi connectivity index (χ0n) is 12.5. The summed E-state index contributed by atoms with van der Waals surface area (Å²) in [5.41, 5.74) is 6.92. The molecular weight excluding hydrogens is 280 g/mol. The molecule has 0 bridgehead atoms. The van der Waals surface area contributed by atoms with Crippen LogP contribution in [-0.2, 0) is 6.54 Å². The lowest BCUT2D eigenvalue weighted by molar-refractivity contribution is 0.0948. The van der Waals surface area contributed by atoms with Gasteiger partial charge in [0.1, 0.15) is 5.82 Å². The highest BCUT2D eigenvalue weighted by Gasteiger charge is 2.07. The Morgan fingerprint density at radius 3 is 2.23 bits per heavy atom. The molecule has 0 fully saturated rings. The Morgan fingerprint density at radius 1 is 1.09 bits per heavy atom. The minimum Gasteiger partial charge on any atom is -0.366 e. The van der Waals surface area contributed by atoms with Crippen LogP contribution in [0.4, 0.5) is 5.82 Å². The Kier molecular flexibility index (Phi) is 4.73. The molecule has 2 rings (SSSR count). The maximum Gasteiger partial charge on any atom is 0.251 e. The van der Waals surface area contributed by atoms with Crippen molar-refractivity contribution >= 4 is 17.6 Å². The van der Waals surface area contributed by atoms with E-state index in [2.05, 4.69) is 10.3 Å². The number of pyridine rings is 1. The van der Waals surface area contributed by atoms with Crippen LogP contribution in [0.15, 0.2) is 42.6 Å². The molecule has 0 aliphatic rings. The normalized spacial score (nSPS) is 10.1. The summed E-state index contributed by atoms with van der Waals surface area (Å²) >= 11 is 0. The molecule has 0 aliphatic heterocycles. The Morgan fingerprint density at radius 2 is 1.73 bits per heavy atom. The minimum atomic E-state index is -0.515. The van der Waals surface area contributed by atoms with E-state index >= 15 is 0 Å². The molecule has 22 heavy (non-hydrogen) atoms. The third kappa shape index (κ3) is 3.82. The zero-order valence-corrected chi connectivity index (χ0v) is 12.5. The number of rotatable bonds is 5. The van der Waals surface area contributed by atoms with E-state index in [1.54, 1.807) is 18.3 Å². The van der Waals surface area contributed by atoms with E-state index in [0.717, 1.165) is 11.4 Å². The minimum absolute atomic E-state index is 0.215. The fourth-order valence-electron chi connectivity index (χ4n) is 1.86. The van der Waals surface area contributed by atoms with Gasteiger partial charge in [0.25, 0.3) is 5.91 Å². The van der Waals surface area contributed by atoms with Gasteiger partial charge >= 0.3 is 0 Å². The van der Waals surface area contributed by atoms with Gasteiger partial charge in [-0.2, -0.15) is 0 Å². The van der Waals surface area contributed by atoms with Crippen molar-refractivity contribution in [1.29, 1.82) is 0 Å². The number of carbonyl (C=O) groups excluding carboxylic acids is 2. The monoisotopic (exact) mass is 298 g/mol. The topological polar surface area (TPSA) is 88.3 Å². The van der Waals surface area contributed by atoms with Crippen molar-refractivity contribution < 1.29 is 9.59 Å². The van der Waals surface area contributed by atoms with Crippen molar-refractivity contribution in [3.63, 3.8) is 0 Å². The number of amides is 2. The summed E-state index contributed by atoms with van der Waals surface area (Å²) in [6.07, 6.45) is 1.73. The van der Waals surface area contributed by atoms with Gasteiger partial charge in [-0.3, -0.25) is 9.59 Å². The fourth-order valence-corrected chi connectivity index (χ4v) is 1.86. The lowest BCUT2D eigenvalue weighted by Gasteiger charge is -2.11. The van der Waals surface area contributed by atoms with Gasteiger partial charge in [-0.25, -0.2) is 4.98 Å². The van der Waals surface area contributed by atoms with Crippen molar-refractivity contribution in [2.75, 3.05) is 19.0 Å². The highest BCUT2D eigenvalue weighted by Crippen LogP contribution is 2.08. The summed E-state index contributed by atoms with van der Waals surface area (Å²) in [5.74, 6) is 0.129. The third-order valence-electron chi connectivity index (χ3n) is 3.15. The number of nitrogens with zero attached hydrogens (tertiary/aromatic N) is 2. The average molecular weight is 298 g/mol. The zero-order chi connectivity index (χ0) is 16.1. The number of hydrogen-bond acceptors (Lipinski definition) is 4. The molecule has 0 unspecified atom stereocenters. The number of hydrogen-bond donors (Lipinski definition) is 2. The van der Waals surface area contributed by atoms with E-state index in [1.165, 1.54) is 12.1 Å². The molecule has 1 aromatic heterocycles. The Labute approximate surface area is 129 Å². The van der Waals surface area contributed by atoms with Crippen LogP contribution < -0.4 is 16.0 Å². The third-order valence-corrected chi connectivity index (χ3v) is 3.15. The molecule has 0 saturated carbocycles. The van der Waals surface area contributed by atoms with Gasteiger partial charge < -0.3 is 16.0 Å². The van der Waals surface area contributed by atoms with Gasteiger partial charge in [0.15, 0.2) is 0 Å². The number of nitrogens with one attached hydrogen (secondary N) is 1. The number of benzene rings is 1. The second-order valence-electron chi connectivity index (χ2n) is 5.04. The van der Waals surface area contributed by atoms with E-state index in [0.29, 0.717) is 17.7 Å². The first-order valence-electron chi connectivity index (χ1n) is 6.77. The van der Waals surface area contributed by atoms with Crippen LogP contribution in [0.2, 0.25) is 0 Å². The quantitative estimate of drug-likeness (QED) is 0.867. The molecular formula is C16H18N4O2. The molecule has 0 saturated heterocycles. The molecule has 0 spiro atoms. The molecule has 0 aliphatic carbocycles. The number of carbonyl (C=O) groups is 2. The maximum atomic E-state index is 12.0. The van der Waals surface area contributed by atoms with Crippen molar-refractivity contribution in [3.05, 3.63) is 59.3 Å². The predicted molar refractivity (Wildman–Crippen MR) is 84.7 cm³/mol. The predicted octanol–water partition coefficient (Wildman–Crippen LogP) is 1.18. The molecule has 0 atom stereocenters. The second kappa shape index (κ2) is 6.71. The maximum absolute atomic E-state index is 12.0. The van der Waals surface area contributed by atoms with Crippen molar-refractivity contribution in [3.8, 4) is 0 Å². The summed E-state index contributed by atoms with van der Waals surface area (Å²) in [7, 11) is 3.83. The first kappa shape index (κ1) is 15.5. The van der Waals surface area contributed by atoms with E-state index in [4.69, 9.17) is 5.73 Å². The number of aromatic nitrogens is 1. The Balaban J connectivity index is 1.96. The highest BCUT2D eigenvalue weighted by atomic mass is 16.2. The lowest BCUT2D eigenvalue weighted by Crippen LogP contribution is -2.23. The van der Waals surface area contributed by atoms with Crippen molar-refractivity contribution in [2.45, 2.75) is 6.54 Å². The molecule has 3 N–H and O–H groups in total. The summed E-state index contributed by atoms with van der Waals surface area (Å²) in [6.45, 7) is 0.386. The van der Waals surface area contributed by atoms with Gasteiger partial charge in [-0.15, -0.1) is 0 Å². The van der Waals surface area contributed by atoms with Crippen molar-refractivity contribution in [2.24, 2.45) is 5.73 Å². The molecule has 2 aromatic rings. The van der Waals surface area contributed by atoms with Crippen LogP contribution in [0.3, 0.4) is 0 Å². The van der Waals surface area contributed by atoms with Crippen LogP contribution in [0.25, 0.3) is 0 Å². The fraction of sp³-hybridized carbons (Fsp3) is 0.188. The van der Waals surface area contributed by atoms with Gasteiger partial charge in [-0.05, 0) is 35.9 Å². The summed E-state index contributed by atoms with van der Waals surface area (Å²) in [5, 5.41) is 2.80. The number of anilines is 1. The van der Waals surface area contributed by atoms with Gasteiger partial charge in [0.2, 0.25) is 5.91 Å². The SMILES string of the molecule is CN(C)c1ccc(CNC(=O)c2ccc(C(N)=O)cc2)cn1. The van der Waals surface area contributed by atoms with E-state index in [9.17, 15) is 9.59 Å². The summed E-state index contributed by atoms with van der Waals surface area (Å²) in [4.78, 5) is 29.2. The van der Waals surface area contributed by atoms with Gasteiger partial charge in [0, 0.05) is 38.0 Å². The summed E-state index contributed by atoms with van der Waals surface area (Å²) in [6, 6.07) is 10.0.